The summed E-state index contributed by atoms with van der Waals surface area (Å²) < 4.78 is 10.1. The van der Waals surface area contributed by atoms with E-state index in [1.54, 1.807) is 19.1 Å². The van der Waals surface area contributed by atoms with Gasteiger partial charge in [-0.1, -0.05) is 23.4 Å². The molecule has 0 radical (unpaired) electrons. The van der Waals surface area contributed by atoms with E-state index in [2.05, 4.69) is 15.0 Å². The number of furan rings is 1. The Bertz CT molecular complexity index is 815. The number of aromatic carboxylic acids is 1. The Labute approximate surface area is 124 Å². The van der Waals surface area contributed by atoms with Gasteiger partial charge in [0.05, 0.1) is 6.04 Å². The van der Waals surface area contributed by atoms with Crippen LogP contribution in [-0.4, -0.2) is 22.1 Å². The molecule has 0 bridgehead atoms. The Morgan fingerprint density at radius 1 is 1.23 bits per heavy atom. The van der Waals surface area contributed by atoms with Crippen LogP contribution in [0.1, 0.15) is 39.8 Å². The van der Waals surface area contributed by atoms with E-state index in [0.29, 0.717) is 11.3 Å². The monoisotopic (exact) mass is 300 g/mol. The van der Waals surface area contributed by atoms with Gasteiger partial charge in [0.15, 0.2) is 5.76 Å². The van der Waals surface area contributed by atoms with Crippen molar-refractivity contribution in [3.63, 3.8) is 0 Å². The first kappa shape index (κ1) is 13.9. The number of nitrogens with zero attached hydrogens (tertiary/aromatic N) is 1. The van der Waals surface area contributed by atoms with Crippen LogP contribution >= 0.6 is 0 Å². The van der Waals surface area contributed by atoms with Crippen molar-refractivity contribution in [2.45, 2.75) is 13.0 Å². The first-order valence-electron chi connectivity index (χ1n) is 6.54. The molecule has 0 aliphatic carbocycles. The van der Waals surface area contributed by atoms with Crippen molar-refractivity contribution >= 4 is 22.8 Å². The second-order valence-electron chi connectivity index (χ2n) is 4.76. The first-order chi connectivity index (χ1) is 10.5. The molecule has 3 aromatic rings. The summed E-state index contributed by atoms with van der Waals surface area (Å²) in [7, 11) is 0. The van der Waals surface area contributed by atoms with Crippen molar-refractivity contribution in [3.05, 3.63) is 53.6 Å². The number of carbonyl (C=O) groups excluding carboxylic acids is 1. The van der Waals surface area contributed by atoms with Crippen LogP contribution in [0, 0.1) is 0 Å². The van der Waals surface area contributed by atoms with Gasteiger partial charge in [-0.05, 0) is 19.1 Å². The molecule has 0 fully saturated rings. The molecule has 1 unspecified atom stereocenters. The van der Waals surface area contributed by atoms with Gasteiger partial charge in [-0.2, -0.15) is 0 Å². The van der Waals surface area contributed by atoms with Crippen molar-refractivity contribution in [2.24, 2.45) is 0 Å². The van der Waals surface area contributed by atoms with Gasteiger partial charge in [0, 0.05) is 11.5 Å². The smallest absolute Gasteiger partial charge is 0.374 e. The van der Waals surface area contributed by atoms with Gasteiger partial charge in [-0.15, -0.1) is 0 Å². The molecule has 1 amide bonds. The standard InChI is InChI=1S/C15H12N2O5/c1-8(10-7-13(15(19)20)22-17-10)16-14(18)12-6-9-4-2-3-5-11(9)21-12/h2-8H,1H3,(H,16,18)(H,19,20). The van der Waals surface area contributed by atoms with Gasteiger partial charge < -0.3 is 19.4 Å². The third-order valence-corrected chi connectivity index (χ3v) is 3.18. The number of rotatable bonds is 4. The fourth-order valence-corrected chi connectivity index (χ4v) is 2.03. The van der Waals surface area contributed by atoms with E-state index in [4.69, 9.17) is 9.52 Å². The molecule has 3 rings (SSSR count). The van der Waals surface area contributed by atoms with Crippen LogP contribution < -0.4 is 5.32 Å². The van der Waals surface area contributed by atoms with Crippen LogP contribution in [0.25, 0.3) is 11.0 Å². The van der Waals surface area contributed by atoms with E-state index in [1.807, 2.05) is 18.2 Å². The summed E-state index contributed by atoms with van der Waals surface area (Å²) in [5.41, 5.74) is 0.941. The van der Waals surface area contributed by atoms with Gasteiger partial charge in [0.2, 0.25) is 5.76 Å². The van der Waals surface area contributed by atoms with Crippen LogP contribution in [-0.2, 0) is 0 Å². The Morgan fingerprint density at radius 2 is 2.00 bits per heavy atom. The summed E-state index contributed by atoms with van der Waals surface area (Å²) in [4.78, 5) is 22.9. The minimum absolute atomic E-state index is 0.176. The number of hydrogen-bond acceptors (Lipinski definition) is 5. The number of hydrogen-bond donors (Lipinski definition) is 2. The van der Waals surface area contributed by atoms with Crippen LogP contribution in [0.3, 0.4) is 0 Å². The van der Waals surface area contributed by atoms with Gasteiger partial charge in [-0.25, -0.2) is 4.79 Å². The predicted octanol–water partition coefficient (Wildman–Crippen LogP) is 2.61. The van der Waals surface area contributed by atoms with Crippen molar-refractivity contribution < 1.29 is 23.6 Å². The fourth-order valence-electron chi connectivity index (χ4n) is 2.03. The lowest BCUT2D eigenvalue weighted by atomic mass is 10.2. The van der Waals surface area contributed by atoms with E-state index >= 15 is 0 Å². The second-order valence-corrected chi connectivity index (χ2v) is 4.76. The number of carboxylic acids is 1. The van der Waals surface area contributed by atoms with E-state index in [9.17, 15) is 9.59 Å². The van der Waals surface area contributed by atoms with Crippen molar-refractivity contribution in [1.29, 1.82) is 0 Å². The molecular formula is C15H12N2O5. The molecule has 1 atom stereocenters. The van der Waals surface area contributed by atoms with Crippen molar-refractivity contribution in [3.8, 4) is 0 Å². The van der Waals surface area contributed by atoms with Gasteiger partial charge in [0.25, 0.3) is 5.91 Å². The van der Waals surface area contributed by atoms with Crippen LogP contribution in [0.15, 0.2) is 45.3 Å². The van der Waals surface area contributed by atoms with Crippen molar-refractivity contribution in [2.75, 3.05) is 0 Å². The first-order valence-corrected chi connectivity index (χ1v) is 6.54. The molecule has 1 aromatic carbocycles. The molecule has 0 aliphatic heterocycles. The Kier molecular flexibility index (Phi) is 3.38. The highest BCUT2D eigenvalue weighted by molar-refractivity contribution is 5.96. The molecule has 7 heteroatoms. The Morgan fingerprint density at radius 3 is 2.68 bits per heavy atom. The second kappa shape index (κ2) is 5.36. The van der Waals surface area contributed by atoms with Crippen LogP contribution in [0.2, 0.25) is 0 Å². The van der Waals surface area contributed by atoms with Gasteiger partial charge in [0.1, 0.15) is 11.3 Å². The molecule has 0 spiro atoms. The number of fused-ring (bicyclic) bond motifs is 1. The molecule has 2 aromatic heterocycles. The van der Waals surface area contributed by atoms with Gasteiger partial charge >= 0.3 is 5.97 Å². The zero-order valence-electron chi connectivity index (χ0n) is 11.6. The molecule has 0 saturated carbocycles. The molecule has 2 N–H and O–H groups in total. The van der Waals surface area contributed by atoms with E-state index < -0.39 is 17.9 Å². The average molecular weight is 300 g/mol. The Hall–Kier alpha value is -3.09. The number of para-hydroxylation sites is 1. The summed E-state index contributed by atoms with van der Waals surface area (Å²) in [6.07, 6.45) is 0. The lowest BCUT2D eigenvalue weighted by molar-refractivity contribution is 0.0651. The number of benzene rings is 1. The number of amides is 1. The summed E-state index contributed by atoms with van der Waals surface area (Å²) >= 11 is 0. The van der Waals surface area contributed by atoms with E-state index in [1.165, 1.54) is 6.07 Å². The molecule has 112 valence electrons. The lowest BCUT2D eigenvalue weighted by Crippen LogP contribution is -2.26. The fraction of sp³-hybridized carbons (Fsp3) is 0.133. The van der Waals surface area contributed by atoms with Crippen molar-refractivity contribution in [1.82, 2.24) is 10.5 Å². The summed E-state index contributed by atoms with van der Waals surface area (Å²) in [5, 5.41) is 15.9. The number of nitrogens with one attached hydrogen (secondary N) is 1. The normalized spacial score (nSPS) is 12.2. The minimum atomic E-state index is -1.21. The third kappa shape index (κ3) is 2.56. The zero-order valence-corrected chi connectivity index (χ0v) is 11.6. The highest BCUT2D eigenvalue weighted by Gasteiger charge is 2.19. The van der Waals surface area contributed by atoms with E-state index in [-0.39, 0.29) is 11.5 Å². The predicted molar refractivity (Wildman–Crippen MR) is 75.6 cm³/mol. The maximum atomic E-state index is 12.2. The zero-order chi connectivity index (χ0) is 15.7. The number of aromatic nitrogens is 1. The highest BCUT2D eigenvalue weighted by atomic mass is 16.5. The summed E-state index contributed by atoms with van der Waals surface area (Å²) in [6, 6.07) is 9.68. The number of carboxylic acid groups (broad SMARTS) is 1. The largest absolute Gasteiger partial charge is 0.475 e. The molecule has 0 aliphatic rings. The maximum absolute atomic E-state index is 12.2. The SMILES string of the molecule is CC(NC(=O)c1cc2ccccc2o1)c1cc(C(=O)O)on1. The molecule has 2 heterocycles. The highest BCUT2D eigenvalue weighted by Crippen LogP contribution is 2.20. The summed E-state index contributed by atoms with van der Waals surface area (Å²) in [5.74, 6) is -1.73. The van der Waals surface area contributed by atoms with E-state index in [0.717, 1.165) is 5.39 Å². The topological polar surface area (TPSA) is 106 Å². The van der Waals surface area contributed by atoms with Crippen LogP contribution in [0.5, 0.6) is 0 Å². The molecule has 7 nitrogen and oxygen atoms in total. The Balaban J connectivity index is 1.76. The van der Waals surface area contributed by atoms with Crippen LogP contribution in [0.4, 0.5) is 0 Å². The minimum Gasteiger partial charge on any atom is -0.475 e. The van der Waals surface area contributed by atoms with Gasteiger partial charge in [-0.3, -0.25) is 4.79 Å². The quantitative estimate of drug-likeness (QED) is 0.767. The third-order valence-electron chi connectivity index (χ3n) is 3.18. The maximum Gasteiger partial charge on any atom is 0.374 e. The number of carbonyl (C=O) groups is 2. The molecule has 22 heavy (non-hydrogen) atoms. The molecule has 0 saturated heterocycles. The lowest BCUT2D eigenvalue weighted by Gasteiger charge is -2.08. The summed E-state index contributed by atoms with van der Waals surface area (Å²) in [6.45, 7) is 1.67. The molecular weight excluding hydrogens is 288 g/mol. The average Bonchev–Trinajstić information content (AvgIpc) is 3.14.